The van der Waals surface area contributed by atoms with E-state index in [1.165, 1.54) is 0 Å². The molecule has 0 unspecified atom stereocenters. The number of hydrogen-bond donors (Lipinski definition) is 1. The predicted octanol–water partition coefficient (Wildman–Crippen LogP) is 2.86. The molecule has 0 bridgehead atoms. The van der Waals surface area contributed by atoms with E-state index in [0.29, 0.717) is 6.61 Å². The van der Waals surface area contributed by atoms with Crippen LogP contribution in [0.4, 0.5) is 5.69 Å². The average molecular weight is 228 g/mol. The van der Waals surface area contributed by atoms with Gasteiger partial charge in [-0.25, -0.2) is 0 Å². The smallest absolute Gasteiger partial charge is 0.130 e. The Kier molecular flexibility index (Phi) is 3.28. The predicted molar refractivity (Wildman–Crippen MR) is 68.9 cm³/mol. The molecule has 0 saturated heterocycles. The highest BCUT2D eigenvalue weighted by molar-refractivity contribution is 5.47. The first-order chi connectivity index (χ1) is 8.16. The van der Waals surface area contributed by atoms with Crippen molar-refractivity contribution in [1.82, 2.24) is 4.98 Å². The quantitative estimate of drug-likeness (QED) is 0.822. The fraction of sp³-hybridized carbons (Fsp3) is 0.214. The summed E-state index contributed by atoms with van der Waals surface area (Å²) in [6.45, 7) is 4.50. The van der Waals surface area contributed by atoms with Gasteiger partial charge >= 0.3 is 0 Å². The minimum absolute atomic E-state index is 0.484. The zero-order valence-corrected chi connectivity index (χ0v) is 10.1. The second kappa shape index (κ2) is 4.87. The van der Waals surface area contributed by atoms with E-state index >= 15 is 0 Å². The molecule has 17 heavy (non-hydrogen) atoms. The highest BCUT2D eigenvalue weighted by atomic mass is 16.5. The van der Waals surface area contributed by atoms with E-state index in [1.807, 2.05) is 44.2 Å². The summed E-state index contributed by atoms with van der Waals surface area (Å²) >= 11 is 0. The molecule has 0 aliphatic heterocycles. The lowest BCUT2D eigenvalue weighted by Crippen LogP contribution is -2.01. The number of nitrogen functional groups attached to an aromatic ring is 1. The molecule has 3 nitrogen and oxygen atoms in total. The number of nitrogens with two attached hydrogens (primary N) is 1. The molecule has 88 valence electrons. The molecule has 2 N–H and O–H groups in total. The van der Waals surface area contributed by atoms with Crippen molar-refractivity contribution in [1.29, 1.82) is 0 Å². The van der Waals surface area contributed by atoms with E-state index in [2.05, 4.69) is 4.98 Å². The van der Waals surface area contributed by atoms with Gasteiger partial charge in [-0.2, -0.15) is 0 Å². The van der Waals surface area contributed by atoms with Crippen LogP contribution in [0.25, 0.3) is 0 Å². The number of aromatic nitrogens is 1. The van der Waals surface area contributed by atoms with Crippen LogP contribution < -0.4 is 10.5 Å². The van der Waals surface area contributed by atoms with Crippen LogP contribution in [0.3, 0.4) is 0 Å². The number of nitrogens with zero attached hydrogens (tertiary/aromatic N) is 1. The van der Waals surface area contributed by atoms with Gasteiger partial charge in [0.2, 0.25) is 0 Å². The van der Waals surface area contributed by atoms with Gasteiger partial charge in [0.1, 0.15) is 12.4 Å². The van der Waals surface area contributed by atoms with Crippen LogP contribution in [0.1, 0.15) is 16.8 Å². The Hall–Kier alpha value is -2.03. The number of rotatable bonds is 3. The van der Waals surface area contributed by atoms with Gasteiger partial charge in [0.05, 0.1) is 5.69 Å². The monoisotopic (exact) mass is 228 g/mol. The minimum Gasteiger partial charge on any atom is -0.487 e. The molecule has 0 saturated carbocycles. The molecule has 0 aliphatic rings. The molecule has 1 aromatic carbocycles. The van der Waals surface area contributed by atoms with Gasteiger partial charge < -0.3 is 10.5 Å². The number of hydrogen-bond acceptors (Lipinski definition) is 3. The summed E-state index contributed by atoms with van der Waals surface area (Å²) in [5, 5.41) is 0. The summed E-state index contributed by atoms with van der Waals surface area (Å²) in [4.78, 5) is 4.29. The lowest BCUT2D eigenvalue weighted by atomic mass is 10.2. The van der Waals surface area contributed by atoms with Gasteiger partial charge in [-0.05, 0) is 49.2 Å². The molecule has 0 atom stereocenters. The number of pyridine rings is 1. The summed E-state index contributed by atoms with van der Waals surface area (Å²) in [6, 6.07) is 9.59. The Morgan fingerprint density at radius 2 is 2.00 bits per heavy atom. The summed E-state index contributed by atoms with van der Waals surface area (Å²) in [6.07, 6.45) is 1.78. The molecular formula is C14H16N2O. The van der Waals surface area contributed by atoms with Gasteiger partial charge in [-0.3, -0.25) is 4.98 Å². The molecule has 0 radical (unpaired) electrons. The maximum atomic E-state index is 5.74. The third-order valence-corrected chi connectivity index (χ3v) is 2.68. The van der Waals surface area contributed by atoms with Crippen LogP contribution in [0, 0.1) is 13.8 Å². The Morgan fingerprint density at radius 1 is 1.18 bits per heavy atom. The van der Waals surface area contributed by atoms with Crippen LogP contribution >= 0.6 is 0 Å². The fourth-order valence-electron chi connectivity index (χ4n) is 1.65. The topological polar surface area (TPSA) is 48.1 Å². The highest BCUT2D eigenvalue weighted by Crippen LogP contribution is 2.21. The highest BCUT2D eigenvalue weighted by Gasteiger charge is 2.03. The van der Waals surface area contributed by atoms with Gasteiger partial charge in [0.25, 0.3) is 0 Å². The van der Waals surface area contributed by atoms with Gasteiger partial charge in [-0.1, -0.05) is 6.07 Å². The third-order valence-electron chi connectivity index (χ3n) is 2.68. The molecule has 0 spiro atoms. The van der Waals surface area contributed by atoms with Crippen LogP contribution in [0.5, 0.6) is 5.75 Å². The lowest BCUT2D eigenvalue weighted by Gasteiger charge is -2.10. The number of benzene rings is 1. The van der Waals surface area contributed by atoms with E-state index in [-0.39, 0.29) is 0 Å². The molecule has 0 fully saturated rings. The lowest BCUT2D eigenvalue weighted by molar-refractivity contribution is 0.298. The summed E-state index contributed by atoms with van der Waals surface area (Å²) in [5.41, 5.74) is 9.59. The molecule has 2 rings (SSSR count). The minimum atomic E-state index is 0.484. The van der Waals surface area contributed by atoms with Gasteiger partial charge in [-0.15, -0.1) is 0 Å². The normalized spacial score (nSPS) is 10.2. The van der Waals surface area contributed by atoms with Crippen LogP contribution in [-0.4, -0.2) is 4.98 Å². The number of aryl methyl sites for hydroxylation is 2. The molecule has 1 aromatic heterocycles. The number of ether oxygens (including phenoxy) is 1. The van der Waals surface area contributed by atoms with Crippen LogP contribution in [-0.2, 0) is 6.61 Å². The maximum absolute atomic E-state index is 5.74. The van der Waals surface area contributed by atoms with E-state index in [1.54, 1.807) is 6.20 Å². The zero-order valence-electron chi connectivity index (χ0n) is 10.1. The summed E-state index contributed by atoms with van der Waals surface area (Å²) in [7, 11) is 0. The second-order valence-electron chi connectivity index (χ2n) is 4.08. The van der Waals surface area contributed by atoms with Crippen molar-refractivity contribution in [3.63, 3.8) is 0 Å². The van der Waals surface area contributed by atoms with E-state index < -0.39 is 0 Å². The fourth-order valence-corrected chi connectivity index (χ4v) is 1.65. The van der Waals surface area contributed by atoms with Crippen LogP contribution in [0.2, 0.25) is 0 Å². The zero-order chi connectivity index (χ0) is 12.3. The van der Waals surface area contributed by atoms with Gasteiger partial charge in [0.15, 0.2) is 0 Å². The summed E-state index contributed by atoms with van der Waals surface area (Å²) in [5.74, 6) is 0.851. The van der Waals surface area contributed by atoms with Crippen LogP contribution in [0.15, 0.2) is 36.5 Å². The average Bonchev–Trinajstić information content (AvgIpc) is 2.30. The SMILES string of the molecule is Cc1cc(N)ccc1OCc1ncccc1C. The molecule has 0 aliphatic carbocycles. The standard InChI is InChI=1S/C14H16N2O/c1-10-4-3-7-16-13(10)9-17-14-6-5-12(15)8-11(14)2/h3-8H,9,15H2,1-2H3. The second-order valence-corrected chi connectivity index (χ2v) is 4.08. The van der Waals surface area contributed by atoms with E-state index in [4.69, 9.17) is 10.5 Å². The first-order valence-electron chi connectivity index (χ1n) is 5.56. The van der Waals surface area contributed by atoms with Crippen molar-refractivity contribution in [3.05, 3.63) is 53.3 Å². The third kappa shape index (κ3) is 2.75. The molecule has 2 aromatic rings. The van der Waals surface area contributed by atoms with Crippen molar-refractivity contribution in [2.75, 3.05) is 5.73 Å². The van der Waals surface area contributed by atoms with Crippen molar-refractivity contribution in [2.45, 2.75) is 20.5 Å². The Morgan fingerprint density at radius 3 is 2.71 bits per heavy atom. The molecular weight excluding hydrogens is 212 g/mol. The Bertz CT molecular complexity index is 523. The Balaban J connectivity index is 2.10. The van der Waals surface area contributed by atoms with Crippen molar-refractivity contribution < 1.29 is 4.74 Å². The van der Waals surface area contributed by atoms with Crippen molar-refractivity contribution in [3.8, 4) is 5.75 Å². The molecule has 1 heterocycles. The van der Waals surface area contributed by atoms with Gasteiger partial charge in [0, 0.05) is 11.9 Å². The van der Waals surface area contributed by atoms with E-state index in [9.17, 15) is 0 Å². The summed E-state index contributed by atoms with van der Waals surface area (Å²) < 4.78 is 5.74. The van der Waals surface area contributed by atoms with Crippen molar-refractivity contribution >= 4 is 5.69 Å². The first kappa shape index (κ1) is 11.5. The largest absolute Gasteiger partial charge is 0.487 e. The maximum Gasteiger partial charge on any atom is 0.130 e. The molecule has 3 heteroatoms. The van der Waals surface area contributed by atoms with Crippen molar-refractivity contribution in [2.24, 2.45) is 0 Å². The Labute approximate surface area is 101 Å². The molecule has 0 amide bonds. The van der Waals surface area contributed by atoms with E-state index in [0.717, 1.165) is 28.3 Å². The number of anilines is 1. The first-order valence-corrected chi connectivity index (χ1v) is 5.56.